The number of carbonyl (C=O) groups is 1. The molecule has 18 heavy (non-hydrogen) atoms. The lowest BCUT2D eigenvalue weighted by Gasteiger charge is -2.17. The van der Waals surface area contributed by atoms with E-state index in [0.29, 0.717) is 22.3 Å². The van der Waals surface area contributed by atoms with Crippen LogP contribution in [-0.4, -0.2) is 44.6 Å². The van der Waals surface area contributed by atoms with Crippen LogP contribution in [0, 0.1) is 0 Å². The van der Waals surface area contributed by atoms with Gasteiger partial charge in [0.25, 0.3) is 5.91 Å². The molecule has 0 radical (unpaired) electrons. The topological polar surface area (TPSA) is 41.6 Å². The van der Waals surface area contributed by atoms with Gasteiger partial charge in [0.2, 0.25) is 0 Å². The first-order valence-corrected chi connectivity index (χ1v) is 6.26. The highest BCUT2D eigenvalue weighted by atomic mass is 35.5. The van der Waals surface area contributed by atoms with E-state index in [-0.39, 0.29) is 12.5 Å². The van der Waals surface area contributed by atoms with Crippen molar-refractivity contribution >= 4 is 29.1 Å². The molecule has 0 fully saturated rings. The van der Waals surface area contributed by atoms with E-state index in [4.69, 9.17) is 27.9 Å². The number of nitrogens with one attached hydrogen (secondary N) is 1. The van der Waals surface area contributed by atoms with Crippen LogP contribution in [0.3, 0.4) is 0 Å². The highest BCUT2D eigenvalue weighted by Gasteiger charge is 2.09. The molecule has 0 spiro atoms. The number of likely N-dealkylation sites (N-methyl/N-ethyl adjacent to an activating group) is 2. The Morgan fingerprint density at radius 3 is 2.50 bits per heavy atom. The van der Waals surface area contributed by atoms with Gasteiger partial charge >= 0.3 is 0 Å². The first-order chi connectivity index (χ1) is 8.52. The molecule has 1 aromatic rings. The van der Waals surface area contributed by atoms with Crippen molar-refractivity contribution in [2.45, 2.75) is 0 Å². The number of benzene rings is 1. The highest BCUT2D eigenvalue weighted by molar-refractivity contribution is 6.34. The van der Waals surface area contributed by atoms with Crippen molar-refractivity contribution in [2.24, 2.45) is 0 Å². The van der Waals surface area contributed by atoms with Gasteiger partial charge in [-0.3, -0.25) is 4.79 Å². The fourth-order valence-electron chi connectivity index (χ4n) is 1.27. The van der Waals surface area contributed by atoms with Gasteiger partial charge in [0, 0.05) is 30.2 Å². The summed E-state index contributed by atoms with van der Waals surface area (Å²) in [6.07, 6.45) is 0. The van der Waals surface area contributed by atoms with Crippen LogP contribution < -0.4 is 10.1 Å². The Balaban J connectivity index is 2.46. The third-order valence-electron chi connectivity index (χ3n) is 2.32. The summed E-state index contributed by atoms with van der Waals surface area (Å²) in [4.78, 5) is 13.3. The Morgan fingerprint density at radius 1 is 1.33 bits per heavy atom. The third-order valence-corrected chi connectivity index (χ3v) is 2.76. The molecule has 0 saturated heterocycles. The summed E-state index contributed by atoms with van der Waals surface area (Å²) in [5, 5.41) is 3.93. The lowest BCUT2D eigenvalue weighted by atomic mass is 10.3. The first kappa shape index (κ1) is 15.1. The SMILES string of the molecule is CNCCN(C)C(=O)COc1cc(Cl)cc(Cl)c1. The van der Waals surface area contributed by atoms with E-state index < -0.39 is 0 Å². The zero-order valence-corrected chi connectivity index (χ0v) is 11.9. The van der Waals surface area contributed by atoms with Gasteiger partial charge < -0.3 is 15.0 Å². The maximum atomic E-state index is 11.7. The molecule has 0 heterocycles. The van der Waals surface area contributed by atoms with Crippen molar-refractivity contribution in [1.82, 2.24) is 10.2 Å². The Kier molecular flexibility index (Phi) is 6.25. The Morgan fingerprint density at radius 2 is 1.94 bits per heavy atom. The van der Waals surface area contributed by atoms with E-state index in [1.54, 1.807) is 30.1 Å². The molecule has 4 nitrogen and oxygen atoms in total. The van der Waals surface area contributed by atoms with Crippen LogP contribution in [0.25, 0.3) is 0 Å². The summed E-state index contributed by atoms with van der Waals surface area (Å²) < 4.78 is 5.35. The van der Waals surface area contributed by atoms with Crippen LogP contribution in [-0.2, 0) is 4.79 Å². The largest absolute Gasteiger partial charge is 0.484 e. The van der Waals surface area contributed by atoms with Crippen molar-refractivity contribution in [1.29, 1.82) is 0 Å². The zero-order valence-electron chi connectivity index (χ0n) is 10.4. The summed E-state index contributed by atoms with van der Waals surface area (Å²) in [5.74, 6) is 0.393. The van der Waals surface area contributed by atoms with Crippen LogP contribution in [0.5, 0.6) is 5.75 Å². The smallest absolute Gasteiger partial charge is 0.260 e. The van der Waals surface area contributed by atoms with Gasteiger partial charge in [-0.25, -0.2) is 0 Å². The third kappa shape index (κ3) is 5.12. The number of halogens is 2. The molecule has 0 aliphatic rings. The van der Waals surface area contributed by atoms with E-state index in [1.165, 1.54) is 0 Å². The lowest BCUT2D eigenvalue weighted by molar-refractivity contribution is -0.131. The van der Waals surface area contributed by atoms with Crippen LogP contribution >= 0.6 is 23.2 Å². The zero-order chi connectivity index (χ0) is 13.5. The fraction of sp³-hybridized carbons (Fsp3) is 0.417. The maximum absolute atomic E-state index is 11.7. The normalized spacial score (nSPS) is 10.2. The van der Waals surface area contributed by atoms with Gasteiger partial charge in [-0.15, -0.1) is 0 Å². The molecule has 0 aromatic heterocycles. The lowest BCUT2D eigenvalue weighted by Crippen LogP contribution is -2.35. The Hall–Kier alpha value is -0.970. The molecule has 100 valence electrons. The minimum Gasteiger partial charge on any atom is -0.484 e. The van der Waals surface area contributed by atoms with Crippen molar-refractivity contribution in [3.8, 4) is 5.75 Å². The molecule has 1 amide bonds. The van der Waals surface area contributed by atoms with Crippen molar-refractivity contribution in [2.75, 3.05) is 33.8 Å². The number of amides is 1. The van der Waals surface area contributed by atoms with E-state index in [0.717, 1.165) is 6.54 Å². The molecule has 6 heteroatoms. The van der Waals surface area contributed by atoms with Crippen LogP contribution in [0.15, 0.2) is 18.2 Å². The van der Waals surface area contributed by atoms with E-state index >= 15 is 0 Å². The molecule has 0 atom stereocenters. The van der Waals surface area contributed by atoms with Gasteiger partial charge in [-0.05, 0) is 25.2 Å². The van der Waals surface area contributed by atoms with Gasteiger partial charge in [0.1, 0.15) is 5.75 Å². The Bertz CT molecular complexity index is 393. The molecule has 0 aliphatic heterocycles. The molecular weight excluding hydrogens is 275 g/mol. The number of nitrogens with zero attached hydrogens (tertiary/aromatic N) is 1. The highest BCUT2D eigenvalue weighted by Crippen LogP contribution is 2.24. The van der Waals surface area contributed by atoms with Gasteiger partial charge in [0.15, 0.2) is 6.61 Å². The first-order valence-electron chi connectivity index (χ1n) is 5.50. The average molecular weight is 291 g/mol. The number of hydrogen-bond acceptors (Lipinski definition) is 3. The summed E-state index contributed by atoms with van der Waals surface area (Å²) >= 11 is 11.7. The second-order valence-corrected chi connectivity index (χ2v) is 4.69. The van der Waals surface area contributed by atoms with Crippen LogP contribution in [0.2, 0.25) is 10.0 Å². The van der Waals surface area contributed by atoms with Gasteiger partial charge in [0.05, 0.1) is 0 Å². The Labute approximate surface area is 117 Å². The molecule has 1 rings (SSSR count). The minimum atomic E-state index is -0.0960. The standard InChI is InChI=1S/C12H16Cl2N2O2/c1-15-3-4-16(2)12(17)8-18-11-6-9(13)5-10(14)7-11/h5-7,15H,3-4,8H2,1-2H3. The molecule has 0 saturated carbocycles. The van der Waals surface area contributed by atoms with Crippen molar-refractivity contribution in [3.63, 3.8) is 0 Å². The molecule has 0 unspecified atom stereocenters. The van der Waals surface area contributed by atoms with Gasteiger partial charge in [-0.2, -0.15) is 0 Å². The molecule has 0 bridgehead atoms. The van der Waals surface area contributed by atoms with Gasteiger partial charge in [-0.1, -0.05) is 23.2 Å². The summed E-state index contributed by atoms with van der Waals surface area (Å²) in [6.45, 7) is 1.34. The van der Waals surface area contributed by atoms with E-state index in [2.05, 4.69) is 5.32 Å². The van der Waals surface area contributed by atoms with Crippen molar-refractivity contribution in [3.05, 3.63) is 28.2 Å². The predicted molar refractivity (Wildman–Crippen MR) is 73.5 cm³/mol. The monoisotopic (exact) mass is 290 g/mol. The number of rotatable bonds is 6. The predicted octanol–water partition coefficient (Wildman–Crippen LogP) is 2.05. The minimum absolute atomic E-state index is 0.0309. The van der Waals surface area contributed by atoms with E-state index in [9.17, 15) is 4.79 Å². The van der Waals surface area contributed by atoms with E-state index in [1.807, 2.05) is 7.05 Å². The number of hydrogen-bond donors (Lipinski definition) is 1. The maximum Gasteiger partial charge on any atom is 0.260 e. The van der Waals surface area contributed by atoms with Crippen LogP contribution in [0.4, 0.5) is 0 Å². The van der Waals surface area contributed by atoms with Crippen molar-refractivity contribution < 1.29 is 9.53 Å². The quantitative estimate of drug-likeness (QED) is 0.872. The summed E-state index contributed by atoms with van der Waals surface area (Å²) in [6, 6.07) is 4.85. The second-order valence-electron chi connectivity index (χ2n) is 3.81. The molecule has 1 aromatic carbocycles. The second kappa shape index (κ2) is 7.46. The summed E-state index contributed by atoms with van der Waals surface area (Å²) in [7, 11) is 3.57. The molecule has 1 N–H and O–H groups in total. The summed E-state index contributed by atoms with van der Waals surface area (Å²) in [5.41, 5.74) is 0. The molecule has 0 aliphatic carbocycles. The number of carbonyl (C=O) groups excluding carboxylic acids is 1. The number of ether oxygens (including phenoxy) is 1. The fourth-order valence-corrected chi connectivity index (χ4v) is 1.78. The molecular formula is C12H16Cl2N2O2. The average Bonchev–Trinajstić information content (AvgIpc) is 2.31. The van der Waals surface area contributed by atoms with Crippen LogP contribution in [0.1, 0.15) is 0 Å².